The largest absolute Gasteiger partial charge is 0.377 e. The zero-order valence-electron chi connectivity index (χ0n) is 10.3. The molecule has 2 atom stereocenters. The molecule has 1 heterocycles. The molecule has 2 nitrogen and oxygen atoms in total. The maximum absolute atomic E-state index is 5.97. The molecule has 1 saturated heterocycles. The minimum absolute atomic E-state index is 0.414. The maximum atomic E-state index is 5.97. The lowest BCUT2D eigenvalue weighted by atomic mass is 10.1. The average Bonchev–Trinajstić information content (AvgIpc) is 2.79. The molecule has 0 radical (unpaired) electrons. The van der Waals surface area contributed by atoms with Gasteiger partial charge >= 0.3 is 0 Å². The van der Waals surface area contributed by atoms with E-state index >= 15 is 0 Å². The molecule has 1 aromatic rings. The minimum atomic E-state index is 0.414. The summed E-state index contributed by atoms with van der Waals surface area (Å²) < 4.78 is 5.59. The summed E-state index contributed by atoms with van der Waals surface area (Å²) in [5, 5.41) is 4.34. The summed E-state index contributed by atoms with van der Waals surface area (Å²) in [6.07, 6.45) is 3.82. The number of hydrogen-bond donors (Lipinski definition) is 1. The monoisotopic (exact) mass is 253 g/mol. The Bertz CT molecular complexity index is 350. The molecule has 0 aromatic heterocycles. The molecule has 1 fully saturated rings. The van der Waals surface area contributed by atoms with Gasteiger partial charge in [0.05, 0.1) is 6.10 Å². The smallest absolute Gasteiger partial charge is 0.0700 e. The first-order chi connectivity index (χ1) is 8.24. The second-order valence-corrected chi connectivity index (χ2v) is 5.21. The molecule has 1 N–H and O–H groups in total. The first-order valence-corrected chi connectivity index (χ1v) is 6.71. The van der Waals surface area contributed by atoms with Crippen LogP contribution < -0.4 is 5.32 Å². The summed E-state index contributed by atoms with van der Waals surface area (Å²) in [5.41, 5.74) is 1.28. The van der Waals surface area contributed by atoms with Crippen molar-refractivity contribution in [1.29, 1.82) is 0 Å². The normalized spacial score (nSPS) is 21.6. The van der Waals surface area contributed by atoms with E-state index in [-0.39, 0.29) is 0 Å². The lowest BCUT2D eigenvalue weighted by molar-refractivity contribution is 0.108. The highest BCUT2D eigenvalue weighted by molar-refractivity contribution is 6.30. The molecular weight excluding hydrogens is 234 g/mol. The molecule has 0 saturated carbocycles. The van der Waals surface area contributed by atoms with E-state index in [0.717, 1.165) is 24.6 Å². The van der Waals surface area contributed by atoms with Gasteiger partial charge in [-0.05, 0) is 43.9 Å². The van der Waals surface area contributed by atoms with Crippen LogP contribution in [0.15, 0.2) is 24.3 Å². The molecule has 0 aliphatic carbocycles. The zero-order chi connectivity index (χ0) is 12.1. The van der Waals surface area contributed by atoms with E-state index in [9.17, 15) is 0 Å². The molecular formula is C14H20ClNO. The Kier molecular flexibility index (Phi) is 4.84. The van der Waals surface area contributed by atoms with E-state index in [0.29, 0.717) is 12.1 Å². The third-order valence-corrected chi connectivity index (χ3v) is 3.38. The summed E-state index contributed by atoms with van der Waals surface area (Å²) in [7, 11) is 0. The van der Waals surface area contributed by atoms with Crippen LogP contribution in [0.2, 0.25) is 5.02 Å². The summed E-state index contributed by atoms with van der Waals surface area (Å²) in [5.74, 6) is 0. The number of hydrogen-bond acceptors (Lipinski definition) is 2. The van der Waals surface area contributed by atoms with E-state index in [2.05, 4.69) is 18.3 Å². The van der Waals surface area contributed by atoms with Crippen molar-refractivity contribution in [3.8, 4) is 0 Å². The van der Waals surface area contributed by atoms with Gasteiger partial charge < -0.3 is 10.1 Å². The van der Waals surface area contributed by atoms with Crippen LogP contribution in [0.1, 0.15) is 25.3 Å². The molecule has 17 heavy (non-hydrogen) atoms. The minimum Gasteiger partial charge on any atom is -0.377 e. The van der Waals surface area contributed by atoms with Crippen molar-refractivity contribution >= 4 is 11.6 Å². The lowest BCUT2D eigenvalue weighted by Crippen LogP contribution is -2.34. The summed E-state index contributed by atoms with van der Waals surface area (Å²) in [4.78, 5) is 0. The highest BCUT2D eigenvalue weighted by Gasteiger charge is 2.15. The van der Waals surface area contributed by atoms with Gasteiger partial charge in [0.1, 0.15) is 0 Å². The fraction of sp³-hybridized carbons (Fsp3) is 0.571. The Morgan fingerprint density at radius 1 is 1.53 bits per heavy atom. The van der Waals surface area contributed by atoms with E-state index in [1.54, 1.807) is 0 Å². The molecule has 0 bridgehead atoms. The van der Waals surface area contributed by atoms with E-state index in [1.807, 2.05) is 18.2 Å². The molecule has 1 aromatic carbocycles. The molecule has 2 rings (SSSR count). The first-order valence-electron chi connectivity index (χ1n) is 6.33. The second kappa shape index (κ2) is 6.39. The fourth-order valence-corrected chi connectivity index (χ4v) is 2.44. The SMILES string of the molecule is CC(Cc1cccc(Cl)c1)NCC1CCCO1. The molecule has 2 unspecified atom stereocenters. The lowest BCUT2D eigenvalue weighted by Gasteiger charge is -2.17. The van der Waals surface area contributed by atoms with Crippen LogP contribution >= 0.6 is 11.6 Å². The van der Waals surface area contributed by atoms with Gasteiger partial charge in [0.25, 0.3) is 0 Å². The molecule has 0 spiro atoms. The van der Waals surface area contributed by atoms with Crippen molar-refractivity contribution in [3.63, 3.8) is 0 Å². The number of nitrogens with one attached hydrogen (secondary N) is 1. The van der Waals surface area contributed by atoms with Crippen molar-refractivity contribution in [2.45, 2.75) is 38.3 Å². The van der Waals surface area contributed by atoms with Gasteiger partial charge in [-0.2, -0.15) is 0 Å². The van der Waals surface area contributed by atoms with Gasteiger partial charge in [0.15, 0.2) is 0 Å². The maximum Gasteiger partial charge on any atom is 0.0700 e. The van der Waals surface area contributed by atoms with Crippen LogP contribution in [0.3, 0.4) is 0 Å². The van der Waals surface area contributed by atoms with Gasteiger partial charge in [0.2, 0.25) is 0 Å². The van der Waals surface area contributed by atoms with Gasteiger partial charge in [-0.1, -0.05) is 23.7 Å². The molecule has 3 heteroatoms. The second-order valence-electron chi connectivity index (χ2n) is 4.78. The Morgan fingerprint density at radius 2 is 2.41 bits per heavy atom. The van der Waals surface area contributed by atoms with Gasteiger partial charge in [-0.25, -0.2) is 0 Å². The molecule has 0 amide bonds. The zero-order valence-corrected chi connectivity index (χ0v) is 11.0. The predicted octanol–water partition coefficient (Wildman–Crippen LogP) is 3.04. The number of rotatable bonds is 5. The summed E-state index contributed by atoms with van der Waals surface area (Å²) in [6.45, 7) is 4.09. The number of ether oxygens (including phenoxy) is 1. The van der Waals surface area contributed by atoms with Crippen molar-refractivity contribution in [1.82, 2.24) is 5.32 Å². The Balaban J connectivity index is 1.74. The van der Waals surface area contributed by atoms with Gasteiger partial charge in [0, 0.05) is 24.2 Å². The molecule has 94 valence electrons. The van der Waals surface area contributed by atoms with Crippen LogP contribution in [0.4, 0.5) is 0 Å². The molecule has 1 aliphatic rings. The number of halogens is 1. The predicted molar refractivity (Wildman–Crippen MR) is 71.6 cm³/mol. The van der Waals surface area contributed by atoms with E-state index in [4.69, 9.17) is 16.3 Å². The van der Waals surface area contributed by atoms with E-state index in [1.165, 1.54) is 18.4 Å². The highest BCUT2D eigenvalue weighted by atomic mass is 35.5. The molecule has 1 aliphatic heterocycles. The first kappa shape index (κ1) is 12.9. The fourth-order valence-electron chi connectivity index (χ4n) is 2.23. The standard InChI is InChI=1S/C14H20ClNO/c1-11(16-10-14-6-3-7-17-14)8-12-4-2-5-13(15)9-12/h2,4-5,9,11,14,16H,3,6-8,10H2,1H3. The Morgan fingerprint density at radius 3 is 3.12 bits per heavy atom. The highest BCUT2D eigenvalue weighted by Crippen LogP contribution is 2.13. The Hall–Kier alpha value is -0.570. The third kappa shape index (κ3) is 4.30. The van der Waals surface area contributed by atoms with Gasteiger partial charge in [-0.3, -0.25) is 0 Å². The third-order valence-electron chi connectivity index (χ3n) is 3.15. The van der Waals surface area contributed by atoms with Crippen LogP contribution in [0.25, 0.3) is 0 Å². The van der Waals surface area contributed by atoms with Crippen LogP contribution in [0.5, 0.6) is 0 Å². The van der Waals surface area contributed by atoms with Crippen LogP contribution in [0, 0.1) is 0 Å². The summed E-state index contributed by atoms with van der Waals surface area (Å²) >= 11 is 5.97. The average molecular weight is 254 g/mol. The topological polar surface area (TPSA) is 21.3 Å². The quantitative estimate of drug-likeness (QED) is 0.871. The van der Waals surface area contributed by atoms with Crippen LogP contribution in [-0.4, -0.2) is 25.3 Å². The van der Waals surface area contributed by atoms with Gasteiger partial charge in [-0.15, -0.1) is 0 Å². The number of benzene rings is 1. The van der Waals surface area contributed by atoms with Crippen molar-refractivity contribution < 1.29 is 4.74 Å². The van der Waals surface area contributed by atoms with Crippen molar-refractivity contribution in [2.75, 3.05) is 13.2 Å². The van der Waals surface area contributed by atoms with E-state index < -0.39 is 0 Å². The Labute approximate surface area is 108 Å². The summed E-state index contributed by atoms with van der Waals surface area (Å²) in [6, 6.07) is 8.53. The van der Waals surface area contributed by atoms with Crippen molar-refractivity contribution in [3.05, 3.63) is 34.9 Å². The van der Waals surface area contributed by atoms with Crippen LogP contribution in [-0.2, 0) is 11.2 Å². The van der Waals surface area contributed by atoms with Crippen molar-refractivity contribution in [2.24, 2.45) is 0 Å².